The molecule has 0 spiro atoms. The highest BCUT2D eigenvalue weighted by atomic mass is 32.2. The molecule has 0 radical (unpaired) electrons. The van der Waals surface area contributed by atoms with Crippen LogP contribution in [-0.4, -0.2) is 26.8 Å². The standard InChI is InChI=1S/C5H11NO4S/c1-3-10-5(7)6-11(8,9)4-2/h4H,3H2,1-2H3,(H2,6,7,8,9). The van der Waals surface area contributed by atoms with Gasteiger partial charge in [0.05, 0.1) is 6.61 Å². The van der Waals surface area contributed by atoms with Crippen molar-refractivity contribution in [1.29, 1.82) is 0 Å². The van der Waals surface area contributed by atoms with Crippen LogP contribution in [0.25, 0.3) is 0 Å². The minimum Gasteiger partial charge on any atom is -0.449 e. The molecule has 0 aromatic carbocycles. The van der Waals surface area contributed by atoms with Crippen LogP contribution in [0.3, 0.4) is 0 Å². The molecule has 66 valence electrons. The summed E-state index contributed by atoms with van der Waals surface area (Å²) in [4.78, 5) is 10.5. The molecule has 1 amide bonds. The van der Waals surface area contributed by atoms with Gasteiger partial charge in [0.25, 0.3) is 0 Å². The monoisotopic (exact) mass is 181 g/mol. The Labute approximate surface area is 65.7 Å². The molecule has 0 aliphatic heterocycles. The Morgan fingerprint density at radius 2 is 2.36 bits per heavy atom. The minimum absolute atomic E-state index is 0.172. The molecule has 1 unspecified atom stereocenters. The SMILES string of the molecule is CC=S(=O)(O)NC(=O)OCC. The Kier molecular flexibility index (Phi) is 3.91. The second-order valence-corrected chi connectivity index (χ2v) is 3.44. The molecular formula is C5H11NO4S. The van der Waals surface area contributed by atoms with Crippen LogP contribution in [0.5, 0.6) is 0 Å². The van der Waals surface area contributed by atoms with E-state index < -0.39 is 16.1 Å². The molecule has 0 saturated carbocycles. The Morgan fingerprint density at radius 3 is 2.73 bits per heavy atom. The molecule has 0 fully saturated rings. The van der Waals surface area contributed by atoms with E-state index in [9.17, 15) is 9.00 Å². The summed E-state index contributed by atoms with van der Waals surface area (Å²) in [5.41, 5.74) is 0. The van der Waals surface area contributed by atoms with Crippen LogP contribution in [0.15, 0.2) is 0 Å². The van der Waals surface area contributed by atoms with Crippen LogP contribution in [-0.2, 0) is 14.7 Å². The summed E-state index contributed by atoms with van der Waals surface area (Å²) in [5, 5.41) is 0.990. The van der Waals surface area contributed by atoms with Gasteiger partial charge < -0.3 is 4.74 Å². The number of nitrogens with one attached hydrogen (secondary N) is 1. The van der Waals surface area contributed by atoms with Gasteiger partial charge in [-0.1, -0.05) is 0 Å². The highest BCUT2D eigenvalue weighted by Crippen LogP contribution is 1.81. The molecule has 0 aliphatic carbocycles. The zero-order chi connectivity index (χ0) is 8.91. The molecule has 2 N–H and O–H groups in total. The fraction of sp³-hybridized carbons (Fsp3) is 0.600. The normalized spacial score (nSPS) is 14.8. The van der Waals surface area contributed by atoms with Crippen molar-refractivity contribution in [1.82, 2.24) is 4.72 Å². The van der Waals surface area contributed by atoms with Crippen molar-refractivity contribution >= 4 is 21.4 Å². The minimum atomic E-state index is -3.34. The first-order valence-corrected chi connectivity index (χ1v) is 4.60. The van der Waals surface area contributed by atoms with E-state index in [1.807, 2.05) is 0 Å². The van der Waals surface area contributed by atoms with Crippen molar-refractivity contribution in [2.75, 3.05) is 6.61 Å². The van der Waals surface area contributed by atoms with E-state index in [0.29, 0.717) is 0 Å². The number of amides is 1. The predicted molar refractivity (Wildman–Crippen MR) is 42.7 cm³/mol. The second-order valence-electron chi connectivity index (χ2n) is 1.63. The first-order chi connectivity index (χ1) is 5.02. The Hall–Kier alpha value is -0.750. The van der Waals surface area contributed by atoms with Crippen molar-refractivity contribution in [3.05, 3.63) is 0 Å². The zero-order valence-electron chi connectivity index (χ0n) is 6.36. The highest BCUT2D eigenvalue weighted by Gasteiger charge is 2.05. The topological polar surface area (TPSA) is 75.6 Å². The van der Waals surface area contributed by atoms with Crippen molar-refractivity contribution in [2.45, 2.75) is 13.8 Å². The van der Waals surface area contributed by atoms with Gasteiger partial charge in [0.15, 0.2) is 9.99 Å². The number of carbonyl (C=O) groups excluding carboxylic acids is 1. The summed E-state index contributed by atoms with van der Waals surface area (Å²) in [7, 11) is -3.34. The van der Waals surface area contributed by atoms with E-state index in [1.54, 1.807) is 11.6 Å². The van der Waals surface area contributed by atoms with Gasteiger partial charge in [0.2, 0.25) is 0 Å². The average Bonchev–Trinajstić information content (AvgIpc) is 1.87. The van der Waals surface area contributed by atoms with Crippen LogP contribution < -0.4 is 4.72 Å². The molecule has 0 aromatic rings. The molecule has 1 atom stereocenters. The number of hydrogen-bond donors (Lipinski definition) is 2. The predicted octanol–water partition coefficient (Wildman–Crippen LogP) is 0.227. The van der Waals surface area contributed by atoms with E-state index >= 15 is 0 Å². The van der Waals surface area contributed by atoms with Crippen LogP contribution in [0, 0.1) is 0 Å². The van der Waals surface area contributed by atoms with Crippen LogP contribution in [0.4, 0.5) is 4.79 Å². The van der Waals surface area contributed by atoms with Crippen LogP contribution >= 0.6 is 0 Å². The first-order valence-electron chi connectivity index (χ1n) is 3.02. The zero-order valence-corrected chi connectivity index (χ0v) is 7.18. The lowest BCUT2D eigenvalue weighted by atomic mass is 10.9. The quantitative estimate of drug-likeness (QED) is 0.598. The summed E-state index contributed by atoms with van der Waals surface area (Å²) < 4.78 is 25.7. The number of rotatable bonds is 2. The van der Waals surface area contributed by atoms with Crippen molar-refractivity contribution < 1.29 is 18.3 Å². The molecular weight excluding hydrogens is 170 g/mol. The molecule has 0 aliphatic rings. The Balaban J connectivity index is 4.07. The molecule has 11 heavy (non-hydrogen) atoms. The van der Waals surface area contributed by atoms with E-state index in [2.05, 4.69) is 4.74 Å². The fourth-order valence-electron chi connectivity index (χ4n) is 0.339. The van der Waals surface area contributed by atoms with Gasteiger partial charge in [-0.15, -0.1) is 0 Å². The van der Waals surface area contributed by atoms with Gasteiger partial charge in [-0.2, -0.15) is 0 Å². The van der Waals surface area contributed by atoms with E-state index in [1.165, 1.54) is 6.92 Å². The second kappa shape index (κ2) is 4.20. The van der Waals surface area contributed by atoms with Gasteiger partial charge in [0.1, 0.15) is 0 Å². The van der Waals surface area contributed by atoms with Crippen LogP contribution in [0.1, 0.15) is 13.8 Å². The smallest absolute Gasteiger partial charge is 0.420 e. The Bertz CT molecular complexity index is 241. The van der Waals surface area contributed by atoms with E-state index in [-0.39, 0.29) is 6.61 Å². The Morgan fingerprint density at radius 1 is 1.82 bits per heavy atom. The molecule has 6 heteroatoms. The summed E-state index contributed by atoms with van der Waals surface area (Å²) in [5.74, 6) is 0. The maximum Gasteiger partial charge on any atom is 0.420 e. The molecule has 0 heterocycles. The maximum atomic E-state index is 10.7. The lowest BCUT2D eigenvalue weighted by molar-refractivity contribution is 0.158. The van der Waals surface area contributed by atoms with Crippen molar-refractivity contribution in [2.24, 2.45) is 0 Å². The first kappa shape index (κ1) is 10.2. The third kappa shape index (κ3) is 4.63. The number of hydrogen-bond acceptors (Lipinski definition) is 3. The van der Waals surface area contributed by atoms with Gasteiger partial charge in [-0.3, -0.25) is 4.55 Å². The van der Waals surface area contributed by atoms with Gasteiger partial charge in [-0.25, -0.2) is 13.7 Å². The molecule has 5 nitrogen and oxygen atoms in total. The van der Waals surface area contributed by atoms with Gasteiger partial charge in [0, 0.05) is 5.37 Å². The van der Waals surface area contributed by atoms with Crippen molar-refractivity contribution in [3.8, 4) is 0 Å². The summed E-state index contributed by atoms with van der Waals surface area (Å²) in [6.45, 7) is 3.15. The largest absolute Gasteiger partial charge is 0.449 e. The van der Waals surface area contributed by atoms with Crippen molar-refractivity contribution in [3.63, 3.8) is 0 Å². The van der Waals surface area contributed by atoms with Gasteiger partial charge >= 0.3 is 6.09 Å². The number of carbonyl (C=O) groups is 1. The third-order valence-corrected chi connectivity index (χ3v) is 1.92. The number of ether oxygens (including phenoxy) is 1. The summed E-state index contributed by atoms with van der Waals surface area (Å²) in [6.07, 6.45) is -0.891. The molecule has 0 rings (SSSR count). The van der Waals surface area contributed by atoms with E-state index in [0.717, 1.165) is 5.37 Å². The maximum absolute atomic E-state index is 10.7. The summed E-state index contributed by atoms with van der Waals surface area (Å²) >= 11 is 0. The highest BCUT2D eigenvalue weighted by molar-refractivity contribution is 7.94. The molecule has 0 saturated heterocycles. The lowest BCUT2D eigenvalue weighted by Gasteiger charge is -2.04. The fourth-order valence-corrected chi connectivity index (χ4v) is 0.754. The lowest BCUT2D eigenvalue weighted by Crippen LogP contribution is -2.31. The summed E-state index contributed by atoms with van der Waals surface area (Å²) in [6, 6.07) is 0. The van der Waals surface area contributed by atoms with E-state index in [4.69, 9.17) is 4.55 Å². The molecule has 0 aromatic heterocycles. The third-order valence-electron chi connectivity index (χ3n) is 0.824. The molecule has 0 bridgehead atoms. The van der Waals surface area contributed by atoms with Crippen LogP contribution in [0.2, 0.25) is 0 Å². The average molecular weight is 181 g/mol. The van der Waals surface area contributed by atoms with Gasteiger partial charge in [-0.05, 0) is 13.8 Å².